The fraction of sp³-hybridized carbons (Fsp3) is 0.0370. The van der Waals surface area contributed by atoms with Crippen molar-refractivity contribution in [1.29, 1.82) is 0 Å². The topological polar surface area (TPSA) is 16.4 Å². The molecule has 0 amide bonds. The van der Waals surface area contributed by atoms with Gasteiger partial charge < -0.3 is 9.32 Å². The lowest BCUT2D eigenvalue weighted by Gasteiger charge is -2.28. The molecule has 0 spiro atoms. The lowest BCUT2D eigenvalue weighted by atomic mass is 9.96. The van der Waals surface area contributed by atoms with E-state index in [0.29, 0.717) is 0 Å². The summed E-state index contributed by atoms with van der Waals surface area (Å²) in [6.07, 6.45) is 0. The number of para-hydroxylation sites is 2. The molecule has 0 atom stereocenters. The summed E-state index contributed by atoms with van der Waals surface area (Å²) in [5.41, 5.74) is 17.1. The molecule has 0 bridgehead atoms. The van der Waals surface area contributed by atoms with Gasteiger partial charge in [-0.3, -0.25) is 0 Å². The zero-order valence-corrected chi connectivity index (χ0v) is 31.4. The van der Waals surface area contributed by atoms with Crippen LogP contribution >= 0.6 is 0 Å². The van der Waals surface area contributed by atoms with Crippen LogP contribution in [0.25, 0.3) is 77.2 Å². The second-order valence-electron chi connectivity index (χ2n) is 14.6. The van der Waals surface area contributed by atoms with Crippen molar-refractivity contribution in [3.63, 3.8) is 0 Å². The minimum atomic E-state index is 0.910. The molecule has 0 aliphatic carbocycles. The Hall–Kier alpha value is -7.16. The van der Waals surface area contributed by atoms with E-state index in [2.05, 4.69) is 207 Å². The van der Waals surface area contributed by atoms with E-state index in [1.165, 1.54) is 55.3 Å². The summed E-state index contributed by atoms with van der Waals surface area (Å²) >= 11 is 0. The molecule has 1 heterocycles. The second-order valence-corrected chi connectivity index (χ2v) is 14.6. The monoisotopic (exact) mass is 717 g/mol. The predicted molar refractivity (Wildman–Crippen MR) is 237 cm³/mol. The fourth-order valence-corrected chi connectivity index (χ4v) is 8.33. The highest BCUT2D eigenvalue weighted by Gasteiger charge is 2.19. The Morgan fingerprint density at radius 1 is 0.357 bits per heavy atom. The van der Waals surface area contributed by atoms with Gasteiger partial charge in [0.05, 0.1) is 0 Å². The van der Waals surface area contributed by atoms with Crippen molar-refractivity contribution in [3.05, 3.63) is 211 Å². The number of hydrogen-bond donors (Lipinski definition) is 0. The Morgan fingerprint density at radius 2 is 0.946 bits per heavy atom. The van der Waals surface area contributed by atoms with Gasteiger partial charge in [-0.05, 0) is 117 Å². The molecule has 56 heavy (non-hydrogen) atoms. The van der Waals surface area contributed by atoms with Crippen LogP contribution in [0.4, 0.5) is 17.1 Å². The third kappa shape index (κ3) is 5.93. The lowest BCUT2D eigenvalue weighted by molar-refractivity contribution is 0.670. The van der Waals surface area contributed by atoms with Gasteiger partial charge in [-0.2, -0.15) is 0 Å². The molecule has 0 unspecified atom stereocenters. The van der Waals surface area contributed by atoms with E-state index in [-0.39, 0.29) is 0 Å². The third-order valence-corrected chi connectivity index (χ3v) is 11.2. The van der Waals surface area contributed by atoms with Gasteiger partial charge in [0.25, 0.3) is 0 Å². The van der Waals surface area contributed by atoms with Gasteiger partial charge in [-0.1, -0.05) is 158 Å². The Kier molecular flexibility index (Phi) is 8.30. The minimum absolute atomic E-state index is 0.910. The van der Waals surface area contributed by atoms with Crippen LogP contribution < -0.4 is 4.90 Å². The summed E-state index contributed by atoms with van der Waals surface area (Å²) in [4.78, 5) is 2.38. The highest BCUT2D eigenvalue weighted by molar-refractivity contribution is 6.09. The second kappa shape index (κ2) is 13.9. The molecule has 9 aromatic carbocycles. The van der Waals surface area contributed by atoms with Crippen molar-refractivity contribution >= 4 is 49.8 Å². The molecular formula is C54H39NO. The summed E-state index contributed by atoms with van der Waals surface area (Å²) in [5, 5.41) is 4.81. The van der Waals surface area contributed by atoms with Crippen LogP contribution in [0.2, 0.25) is 0 Å². The van der Waals surface area contributed by atoms with Gasteiger partial charge in [-0.25, -0.2) is 0 Å². The van der Waals surface area contributed by atoms with E-state index >= 15 is 0 Å². The quantitative estimate of drug-likeness (QED) is 0.163. The first-order valence-electron chi connectivity index (χ1n) is 19.3. The van der Waals surface area contributed by atoms with E-state index in [1.807, 2.05) is 12.1 Å². The number of aryl methyl sites for hydroxylation is 2. The molecule has 2 nitrogen and oxygen atoms in total. The standard InChI is InChI=1S/C54H39NO/c1-36-35-45(31-32-46(36)40-12-4-3-5-13-40)55(52-33-28-43(34-37(52)2)49-19-11-20-51-50-17-8-9-21-53(50)56-54(49)51)44-29-26-39(27-30-44)38-22-24-42(25-23-38)48-18-10-15-41-14-6-7-16-47(41)48/h3-35H,1-2H3. The molecule has 0 radical (unpaired) electrons. The van der Waals surface area contributed by atoms with Crippen LogP contribution in [-0.4, -0.2) is 0 Å². The van der Waals surface area contributed by atoms with E-state index < -0.39 is 0 Å². The van der Waals surface area contributed by atoms with Crippen molar-refractivity contribution in [2.45, 2.75) is 13.8 Å². The Morgan fingerprint density at radius 3 is 1.73 bits per heavy atom. The first-order chi connectivity index (χ1) is 27.6. The number of rotatable bonds is 7. The number of furan rings is 1. The van der Waals surface area contributed by atoms with Crippen molar-refractivity contribution < 1.29 is 4.42 Å². The maximum Gasteiger partial charge on any atom is 0.143 e. The molecule has 10 aromatic rings. The molecule has 10 rings (SSSR count). The van der Waals surface area contributed by atoms with Gasteiger partial charge in [0.15, 0.2) is 0 Å². The predicted octanol–water partition coefficient (Wildman–Crippen LogP) is 15.5. The molecule has 0 aliphatic heterocycles. The molecule has 1 aromatic heterocycles. The van der Waals surface area contributed by atoms with Gasteiger partial charge in [0.1, 0.15) is 11.2 Å². The first kappa shape index (κ1) is 33.4. The number of nitrogens with zero attached hydrogens (tertiary/aromatic N) is 1. The molecule has 0 aliphatic rings. The molecular weight excluding hydrogens is 679 g/mol. The van der Waals surface area contributed by atoms with Gasteiger partial charge in [0.2, 0.25) is 0 Å². The fourth-order valence-electron chi connectivity index (χ4n) is 8.33. The van der Waals surface area contributed by atoms with Crippen LogP contribution in [-0.2, 0) is 0 Å². The highest BCUT2D eigenvalue weighted by atomic mass is 16.3. The number of anilines is 3. The maximum atomic E-state index is 6.44. The van der Waals surface area contributed by atoms with Crippen molar-refractivity contribution in [2.75, 3.05) is 4.90 Å². The third-order valence-electron chi connectivity index (χ3n) is 11.2. The molecule has 266 valence electrons. The highest BCUT2D eigenvalue weighted by Crippen LogP contribution is 2.42. The molecule has 0 saturated heterocycles. The van der Waals surface area contributed by atoms with E-state index in [4.69, 9.17) is 4.42 Å². The Bertz CT molecular complexity index is 3020. The number of benzene rings is 9. The summed E-state index contributed by atoms with van der Waals surface area (Å²) in [7, 11) is 0. The minimum Gasteiger partial charge on any atom is -0.455 e. The smallest absolute Gasteiger partial charge is 0.143 e. The zero-order valence-electron chi connectivity index (χ0n) is 31.4. The molecule has 0 saturated carbocycles. The summed E-state index contributed by atoms with van der Waals surface area (Å²) in [5.74, 6) is 0. The van der Waals surface area contributed by atoms with E-state index in [9.17, 15) is 0 Å². The van der Waals surface area contributed by atoms with Crippen LogP contribution in [0.3, 0.4) is 0 Å². The molecule has 0 fully saturated rings. The molecule has 2 heteroatoms. The Balaban J connectivity index is 1.03. The van der Waals surface area contributed by atoms with Crippen LogP contribution in [0.5, 0.6) is 0 Å². The average Bonchev–Trinajstić information content (AvgIpc) is 3.64. The normalized spacial score (nSPS) is 11.4. The summed E-state index contributed by atoms with van der Waals surface area (Å²) in [6, 6.07) is 72.0. The van der Waals surface area contributed by atoms with Crippen molar-refractivity contribution in [1.82, 2.24) is 0 Å². The maximum absolute atomic E-state index is 6.44. The summed E-state index contributed by atoms with van der Waals surface area (Å²) < 4.78 is 6.44. The van der Waals surface area contributed by atoms with Crippen molar-refractivity contribution in [2.24, 2.45) is 0 Å². The lowest BCUT2D eigenvalue weighted by Crippen LogP contribution is -2.11. The molecule has 0 N–H and O–H groups in total. The SMILES string of the molecule is Cc1cc(N(c2ccc(-c3ccc(-c4cccc5ccccc45)cc3)cc2)c2ccc(-c3cccc4c3oc3ccccc34)cc2C)ccc1-c1ccccc1. The van der Waals surface area contributed by atoms with Crippen LogP contribution in [0.1, 0.15) is 11.1 Å². The van der Waals surface area contributed by atoms with Crippen molar-refractivity contribution in [3.8, 4) is 44.5 Å². The summed E-state index contributed by atoms with van der Waals surface area (Å²) in [6.45, 7) is 4.42. The van der Waals surface area contributed by atoms with Gasteiger partial charge in [-0.15, -0.1) is 0 Å². The van der Waals surface area contributed by atoms with E-state index in [1.54, 1.807) is 0 Å². The zero-order chi connectivity index (χ0) is 37.6. The van der Waals surface area contributed by atoms with Gasteiger partial charge >= 0.3 is 0 Å². The number of fused-ring (bicyclic) bond motifs is 4. The Labute approximate surface area is 327 Å². The first-order valence-corrected chi connectivity index (χ1v) is 19.3. The van der Waals surface area contributed by atoms with Crippen LogP contribution in [0.15, 0.2) is 205 Å². The average molecular weight is 718 g/mol. The largest absolute Gasteiger partial charge is 0.455 e. The van der Waals surface area contributed by atoms with Gasteiger partial charge in [0, 0.05) is 33.4 Å². The van der Waals surface area contributed by atoms with E-state index in [0.717, 1.165) is 50.1 Å². The van der Waals surface area contributed by atoms with Crippen LogP contribution in [0, 0.1) is 13.8 Å². The number of hydrogen-bond acceptors (Lipinski definition) is 2.